The molecule has 0 aromatic heterocycles. The third-order valence-electron chi connectivity index (χ3n) is 12.4. The van der Waals surface area contributed by atoms with Crippen LogP contribution in [-0.2, 0) is 5.41 Å². The molecule has 1 heterocycles. The average Bonchev–Trinajstić information content (AvgIpc) is 3.88. The van der Waals surface area contributed by atoms with Gasteiger partial charge in [-0.3, -0.25) is 0 Å². The summed E-state index contributed by atoms with van der Waals surface area (Å²) in [6, 6.07) is 66.1. The minimum atomic E-state index is -0.422. The zero-order valence-electron chi connectivity index (χ0n) is 30.1. The molecule has 1 spiro atoms. The van der Waals surface area contributed by atoms with Gasteiger partial charge in [0.1, 0.15) is 0 Å². The third kappa shape index (κ3) is 4.26. The monoisotopic (exact) mass is 717 g/mol. The van der Waals surface area contributed by atoms with E-state index >= 15 is 0 Å². The summed E-state index contributed by atoms with van der Waals surface area (Å²) >= 11 is 1.99. The average molecular weight is 718 g/mol. The highest BCUT2D eigenvalue weighted by Crippen LogP contribution is 2.65. The van der Waals surface area contributed by atoms with Gasteiger partial charge < -0.3 is 4.90 Å². The molecule has 2 heteroatoms. The molecule has 8 aromatic rings. The Labute approximate surface area is 325 Å². The Morgan fingerprint density at radius 2 is 1.11 bits per heavy atom. The van der Waals surface area contributed by atoms with Crippen molar-refractivity contribution < 1.29 is 0 Å². The molecule has 0 radical (unpaired) electrons. The van der Waals surface area contributed by atoms with Crippen LogP contribution in [0, 0.1) is 0 Å². The second-order valence-electron chi connectivity index (χ2n) is 15.1. The van der Waals surface area contributed by atoms with Crippen molar-refractivity contribution in [2.45, 2.75) is 21.5 Å². The van der Waals surface area contributed by atoms with Crippen LogP contribution in [0.15, 0.2) is 205 Å². The number of thioether (sulfide) groups is 1. The highest BCUT2D eigenvalue weighted by atomic mass is 32.2. The highest BCUT2D eigenvalue weighted by Gasteiger charge is 2.52. The minimum absolute atomic E-state index is 0.406. The standard InChI is InChI=1S/C53H35NS/c1-2-16-35(17-3-1)51-37-18-5-4-15-34(37)29-32-48(51)54(36-30-31-41-40-21-9-13-28-49(40)55-50(41)33-36)47-27-14-26-46-52(47)42-22-8-12-25-45(42)53(46)43-23-10-6-19-38(43)39-20-7-11-24-44(39)53/h1-33,40,49H. The maximum absolute atomic E-state index is 2.57. The summed E-state index contributed by atoms with van der Waals surface area (Å²) in [6.07, 6.45) is 9.14. The molecule has 0 saturated carbocycles. The molecule has 4 aliphatic rings. The largest absolute Gasteiger partial charge is 0.309 e. The summed E-state index contributed by atoms with van der Waals surface area (Å²) in [5, 5.41) is 2.91. The molecule has 0 fully saturated rings. The van der Waals surface area contributed by atoms with Crippen molar-refractivity contribution in [1.29, 1.82) is 0 Å². The van der Waals surface area contributed by atoms with Gasteiger partial charge >= 0.3 is 0 Å². The van der Waals surface area contributed by atoms with E-state index < -0.39 is 5.41 Å². The summed E-state index contributed by atoms with van der Waals surface area (Å²) in [6.45, 7) is 0. The molecule has 2 unspecified atom stereocenters. The zero-order valence-corrected chi connectivity index (χ0v) is 30.9. The van der Waals surface area contributed by atoms with Gasteiger partial charge in [0.2, 0.25) is 0 Å². The van der Waals surface area contributed by atoms with E-state index in [4.69, 9.17) is 0 Å². The molecule has 2 atom stereocenters. The predicted octanol–water partition coefficient (Wildman–Crippen LogP) is 14.0. The number of nitrogens with zero attached hydrogens (tertiary/aromatic N) is 1. The van der Waals surface area contributed by atoms with E-state index in [2.05, 4.69) is 205 Å². The lowest BCUT2D eigenvalue weighted by atomic mass is 9.70. The van der Waals surface area contributed by atoms with E-state index in [9.17, 15) is 0 Å². The Morgan fingerprint density at radius 1 is 0.473 bits per heavy atom. The molecular formula is C53H35NS. The van der Waals surface area contributed by atoms with E-state index in [-0.39, 0.29) is 0 Å². The molecular weight excluding hydrogens is 683 g/mol. The normalized spacial score (nSPS) is 17.4. The number of allylic oxidation sites excluding steroid dienone is 3. The SMILES string of the molecule is C1=CC2Sc3cc(N(c4cccc5c4-c4ccccc4C54c5ccccc5-c5ccccc54)c4ccc5ccccc5c4-c4ccccc4)ccc3C2C=C1. The molecule has 0 N–H and O–H groups in total. The molecule has 12 rings (SSSR count). The van der Waals surface area contributed by atoms with E-state index in [1.807, 2.05) is 11.8 Å². The topological polar surface area (TPSA) is 3.24 Å². The lowest BCUT2D eigenvalue weighted by Crippen LogP contribution is -2.26. The van der Waals surface area contributed by atoms with Crippen molar-refractivity contribution in [2.75, 3.05) is 4.90 Å². The Hall–Kier alpha value is -6.35. The van der Waals surface area contributed by atoms with Crippen LogP contribution in [0.25, 0.3) is 44.2 Å². The fourth-order valence-electron chi connectivity index (χ4n) is 10.2. The Kier molecular flexibility index (Phi) is 6.67. The summed E-state index contributed by atoms with van der Waals surface area (Å²) in [5.74, 6) is 0.406. The van der Waals surface area contributed by atoms with Crippen LogP contribution >= 0.6 is 11.8 Å². The maximum atomic E-state index is 2.57. The number of hydrogen-bond donors (Lipinski definition) is 0. The van der Waals surface area contributed by atoms with Crippen LogP contribution in [-0.4, -0.2) is 5.25 Å². The predicted molar refractivity (Wildman–Crippen MR) is 231 cm³/mol. The first-order valence-corrected chi connectivity index (χ1v) is 20.1. The second-order valence-corrected chi connectivity index (χ2v) is 16.3. The highest BCUT2D eigenvalue weighted by molar-refractivity contribution is 8.00. The van der Waals surface area contributed by atoms with Crippen molar-refractivity contribution in [3.63, 3.8) is 0 Å². The van der Waals surface area contributed by atoms with Gasteiger partial charge in [0.15, 0.2) is 0 Å². The smallest absolute Gasteiger partial charge is 0.0726 e. The van der Waals surface area contributed by atoms with Crippen LogP contribution < -0.4 is 4.90 Å². The maximum Gasteiger partial charge on any atom is 0.0726 e. The number of anilines is 3. The number of rotatable bonds is 4. The van der Waals surface area contributed by atoms with Gasteiger partial charge in [-0.1, -0.05) is 176 Å². The van der Waals surface area contributed by atoms with E-state index in [1.165, 1.54) is 93.9 Å². The van der Waals surface area contributed by atoms with Crippen LogP contribution in [0.5, 0.6) is 0 Å². The molecule has 0 bridgehead atoms. The minimum Gasteiger partial charge on any atom is -0.309 e. The fourth-order valence-corrected chi connectivity index (χ4v) is 11.6. The Morgan fingerprint density at radius 3 is 1.91 bits per heavy atom. The van der Waals surface area contributed by atoms with Crippen molar-refractivity contribution in [3.05, 3.63) is 228 Å². The molecule has 0 amide bonds. The van der Waals surface area contributed by atoms with Crippen LogP contribution in [0.4, 0.5) is 17.1 Å². The number of fused-ring (bicyclic) bond motifs is 14. The molecule has 258 valence electrons. The number of benzene rings is 8. The number of hydrogen-bond acceptors (Lipinski definition) is 2. The van der Waals surface area contributed by atoms with E-state index in [1.54, 1.807) is 0 Å². The van der Waals surface area contributed by atoms with Gasteiger partial charge in [-0.15, -0.1) is 11.8 Å². The zero-order chi connectivity index (χ0) is 36.1. The van der Waals surface area contributed by atoms with Gasteiger partial charge in [0, 0.05) is 32.9 Å². The molecule has 55 heavy (non-hydrogen) atoms. The molecule has 1 aliphatic heterocycles. The fraction of sp³-hybridized carbons (Fsp3) is 0.0566. The lowest BCUT2D eigenvalue weighted by Gasteiger charge is -2.33. The summed E-state index contributed by atoms with van der Waals surface area (Å²) in [4.78, 5) is 3.93. The molecule has 0 saturated heterocycles. The van der Waals surface area contributed by atoms with Crippen LogP contribution in [0.2, 0.25) is 0 Å². The Balaban J connectivity index is 1.19. The quantitative estimate of drug-likeness (QED) is 0.178. The third-order valence-corrected chi connectivity index (χ3v) is 13.7. The first-order valence-electron chi connectivity index (χ1n) is 19.3. The van der Waals surface area contributed by atoms with Gasteiger partial charge in [0.25, 0.3) is 0 Å². The first-order chi connectivity index (χ1) is 27.3. The summed E-state index contributed by atoms with van der Waals surface area (Å²) in [7, 11) is 0. The summed E-state index contributed by atoms with van der Waals surface area (Å²) in [5.41, 5.74) is 17.6. The second kappa shape index (κ2) is 11.8. The molecule has 3 aliphatic carbocycles. The van der Waals surface area contributed by atoms with E-state index in [0.717, 1.165) is 0 Å². The lowest BCUT2D eigenvalue weighted by molar-refractivity contribution is 0.794. The Bertz CT molecular complexity index is 2890. The van der Waals surface area contributed by atoms with E-state index in [0.29, 0.717) is 11.2 Å². The van der Waals surface area contributed by atoms with Gasteiger partial charge in [0.05, 0.1) is 16.8 Å². The van der Waals surface area contributed by atoms with Gasteiger partial charge in [-0.05, 0) is 85.1 Å². The van der Waals surface area contributed by atoms with Crippen molar-refractivity contribution in [2.24, 2.45) is 0 Å². The van der Waals surface area contributed by atoms with Crippen LogP contribution in [0.3, 0.4) is 0 Å². The molecule has 1 nitrogen and oxygen atoms in total. The molecule has 8 aromatic carbocycles. The van der Waals surface area contributed by atoms with Gasteiger partial charge in [-0.25, -0.2) is 0 Å². The van der Waals surface area contributed by atoms with Crippen molar-refractivity contribution in [1.82, 2.24) is 0 Å². The first kappa shape index (κ1) is 31.0. The van der Waals surface area contributed by atoms with Crippen molar-refractivity contribution >= 4 is 39.6 Å². The van der Waals surface area contributed by atoms with Crippen LogP contribution in [0.1, 0.15) is 33.7 Å². The summed E-state index contributed by atoms with van der Waals surface area (Å²) < 4.78 is 0. The van der Waals surface area contributed by atoms with Gasteiger partial charge in [-0.2, -0.15) is 0 Å². The van der Waals surface area contributed by atoms with Crippen molar-refractivity contribution in [3.8, 4) is 33.4 Å².